The molecule has 0 saturated carbocycles. The van der Waals surface area contributed by atoms with Crippen molar-refractivity contribution in [2.24, 2.45) is 0 Å². The topological polar surface area (TPSA) is 55.8 Å². The van der Waals surface area contributed by atoms with E-state index in [9.17, 15) is 8.42 Å². The Bertz CT molecular complexity index is 688. The van der Waals surface area contributed by atoms with E-state index in [1.54, 1.807) is 19.1 Å². The molecule has 0 aromatic heterocycles. The molecule has 2 heterocycles. The van der Waals surface area contributed by atoms with E-state index in [-0.39, 0.29) is 0 Å². The quantitative estimate of drug-likeness (QED) is 0.814. The Labute approximate surface area is 142 Å². The van der Waals surface area contributed by atoms with Gasteiger partial charge in [0.15, 0.2) is 5.79 Å². The zero-order valence-corrected chi connectivity index (χ0v) is 15.0. The van der Waals surface area contributed by atoms with Gasteiger partial charge in [0.1, 0.15) is 0 Å². The molecule has 2 saturated heterocycles. The lowest BCUT2D eigenvalue weighted by Crippen LogP contribution is -2.51. The second-order valence-corrected chi connectivity index (χ2v) is 8.55. The van der Waals surface area contributed by atoms with Crippen LogP contribution in [0.1, 0.15) is 30.4 Å². The number of ether oxygens (including phenoxy) is 2. The molecular formula is C16H22ClNO4S. The zero-order chi connectivity index (χ0) is 16.7. The Kier molecular flexibility index (Phi) is 4.73. The number of sulfonamides is 1. The minimum absolute atomic E-state index is 0.334. The molecule has 2 aliphatic rings. The number of hydrogen-bond acceptors (Lipinski definition) is 4. The van der Waals surface area contributed by atoms with Gasteiger partial charge in [-0.05, 0) is 43.5 Å². The fourth-order valence-corrected chi connectivity index (χ4v) is 5.10. The van der Waals surface area contributed by atoms with Crippen LogP contribution in [0.15, 0.2) is 17.0 Å². The van der Waals surface area contributed by atoms with Crippen LogP contribution in [0.2, 0.25) is 5.02 Å². The van der Waals surface area contributed by atoms with Crippen LogP contribution in [0, 0.1) is 13.8 Å². The maximum atomic E-state index is 12.9. The van der Waals surface area contributed by atoms with Crippen molar-refractivity contribution in [3.8, 4) is 0 Å². The van der Waals surface area contributed by atoms with Gasteiger partial charge in [-0.25, -0.2) is 8.42 Å². The highest BCUT2D eigenvalue weighted by atomic mass is 35.5. The predicted molar refractivity (Wildman–Crippen MR) is 88.2 cm³/mol. The lowest BCUT2D eigenvalue weighted by molar-refractivity contribution is -0.280. The van der Waals surface area contributed by atoms with Crippen LogP contribution < -0.4 is 0 Å². The Morgan fingerprint density at radius 3 is 2.30 bits per heavy atom. The molecule has 1 aromatic rings. The standard InChI is InChI=1S/C16H22ClNO4S/c1-12-11-15(13(2)10-14(12)17)23(19,20)18-6-4-16(5-7-18)21-8-3-9-22-16/h10-11H,3-9H2,1-2H3. The second-order valence-electron chi connectivity index (χ2n) is 6.23. The van der Waals surface area contributed by atoms with Crippen LogP contribution in [0.4, 0.5) is 0 Å². The van der Waals surface area contributed by atoms with E-state index in [1.807, 2.05) is 6.92 Å². The minimum atomic E-state index is -3.52. The molecule has 23 heavy (non-hydrogen) atoms. The average Bonchev–Trinajstić information content (AvgIpc) is 2.52. The Hall–Kier alpha value is -0.660. The molecule has 0 unspecified atom stereocenters. The highest BCUT2D eigenvalue weighted by Gasteiger charge is 2.41. The summed E-state index contributed by atoms with van der Waals surface area (Å²) in [4.78, 5) is 0.334. The van der Waals surface area contributed by atoms with Crippen LogP contribution in [0.3, 0.4) is 0 Å². The van der Waals surface area contributed by atoms with Crippen LogP contribution in [-0.2, 0) is 19.5 Å². The van der Waals surface area contributed by atoms with Gasteiger partial charge in [0.05, 0.1) is 18.1 Å². The highest BCUT2D eigenvalue weighted by molar-refractivity contribution is 7.89. The molecule has 7 heteroatoms. The van der Waals surface area contributed by atoms with Gasteiger partial charge in [0.25, 0.3) is 0 Å². The molecule has 1 aromatic carbocycles. The van der Waals surface area contributed by atoms with E-state index in [0.717, 1.165) is 12.0 Å². The van der Waals surface area contributed by atoms with Gasteiger partial charge in [0.2, 0.25) is 10.0 Å². The Balaban J connectivity index is 1.80. The number of piperidine rings is 1. The monoisotopic (exact) mass is 359 g/mol. The number of benzene rings is 1. The van der Waals surface area contributed by atoms with E-state index in [2.05, 4.69) is 0 Å². The molecule has 2 aliphatic heterocycles. The van der Waals surface area contributed by atoms with Crippen molar-refractivity contribution in [1.29, 1.82) is 0 Å². The lowest BCUT2D eigenvalue weighted by atomic mass is 10.0. The highest BCUT2D eigenvalue weighted by Crippen LogP contribution is 2.34. The molecule has 0 atom stereocenters. The molecule has 5 nitrogen and oxygen atoms in total. The first kappa shape index (κ1) is 17.2. The van der Waals surface area contributed by atoms with Gasteiger partial charge in [0, 0.05) is 31.0 Å². The van der Waals surface area contributed by atoms with Crippen molar-refractivity contribution in [1.82, 2.24) is 4.31 Å². The normalized spacial score (nSPS) is 22.4. The Morgan fingerprint density at radius 2 is 1.70 bits per heavy atom. The fourth-order valence-electron chi connectivity index (χ4n) is 3.14. The van der Waals surface area contributed by atoms with Gasteiger partial charge in [-0.3, -0.25) is 0 Å². The number of nitrogens with zero attached hydrogens (tertiary/aromatic N) is 1. The third kappa shape index (κ3) is 3.28. The molecule has 3 rings (SSSR count). The summed E-state index contributed by atoms with van der Waals surface area (Å²) in [6.45, 7) is 5.77. The van der Waals surface area contributed by atoms with Crippen LogP contribution >= 0.6 is 11.6 Å². The van der Waals surface area contributed by atoms with Crippen LogP contribution in [-0.4, -0.2) is 44.8 Å². The van der Waals surface area contributed by atoms with Gasteiger partial charge >= 0.3 is 0 Å². The molecule has 0 N–H and O–H groups in total. The van der Waals surface area contributed by atoms with Crippen molar-refractivity contribution in [2.45, 2.75) is 43.8 Å². The van der Waals surface area contributed by atoms with Crippen LogP contribution in [0.25, 0.3) is 0 Å². The van der Waals surface area contributed by atoms with E-state index >= 15 is 0 Å². The summed E-state index contributed by atoms with van der Waals surface area (Å²) >= 11 is 6.08. The first-order chi connectivity index (χ1) is 10.8. The summed E-state index contributed by atoms with van der Waals surface area (Å²) in [6, 6.07) is 3.37. The van der Waals surface area contributed by atoms with Gasteiger partial charge in [-0.15, -0.1) is 0 Å². The smallest absolute Gasteiger partial charge is 0.243 e. The molecule has 128 valence electrons. The minimum Gasteiger partial charge on any atom is -0.350 e. The van der Waals surface area contributed by atoms with Gasteiger partial charge < -0.3 is 9.47 Å². The van der Waals surface area contributed by atoms with Gasteiger partial charge in [-0.1, -0.05) is 11.6 Å². The largest absolute Gasteiger partial charge is 0.350 e. The second kappa shape index (κ2) is 6.33. The number of hydrogen-bond donors (Lipinski definition) is 0. The SMILES string of the molecule is Cc1cc(S(=O)(=O)N2CCC3(CC2)OCCCO3)c(C)cc1Cl. The first-order valence-electron chi connectivity index (χ1n) is 7.89. The first-order valence-corrected chi connectivity index (χ1v) is 9.71. The molecule has 0 radical (unpaired) electrons. The Morgan fingerprint density at radius 1 is 1.09 bits per heavy atom. The van der Waals surface area contributed by atoms with Crippen molar-refractivity contribution < 1.29 is 17.9 Å². The van der Waals surface area contributed by atoms with Crippen molar-refractivity contribution in [2.75, 3.05) is 26.3 Å². The number of rotatable bonds is 2. The third-order valence-electron chi connectivity index (χ3n) is 4.58. The molecule has 0 aliphatic carbocycles. The number of aryl methyl sites for hydroxylation is 2. The number of halogens is 1. The molecule has 1 spiro atoms. The molecule has 0 bridgehead atoms. The zero-order valence-electron chi connectivity index (χ0n) is 13.5. The van der Waals surface area contributed by atoms with Gasteiger partial charge in [-0.2, -0.15) is 4.31 Å². The van der Waals surface area contributed by atoms with Crippen molar-refractivity contribution in [3.63, 3.8) is 0 Å². The summed E-state index contributed by atoms with van der Waals surface area (Å²) in [5.74, 6) is -0.588. The fraction of sp³-hybridized carbons (Fsp3) is 0.625. The summed E-state index contributed by atoms with van der Waals surface area (Å²) < 4.78 is 39.0. The summed E-state index contributed by atoms with van der Waals surface area (Å²) in [5.41, 5.74) is 1.44. The van der Waals surface area contributed by atoms with E-state index in [1.165, 1.54) is 4.31 Å². The van der Waals surface area contributed by atoms with Crippen molar-refractivity contribution >= 4 is 21.6 Å². The maximum Gasteiger partial charge on any atom is 0.243 e. The summed E-state index contributed by atoms with van der Waals surface area (Å²) in [6.07, 6.45) is 2.03. The molecule has 0 amide bonds. The average molecular weight is 360 g/mol. The molecular weight excluding hydrogens is 338 g/mol. The lowest BCUT2D eigenvalue weighted by Gasteiger charge is -2.42. The predicted octanol–water partition coefficient (Wildman–Crippen LogP) is 2.87. The maximum absolute atomic E-state index is 12.9. The van der Waals surface area contributed by atoms with E-state index in [0.29, 0.717) is 54.6 Å². The van der Waals surface area contributed by atoms with E-state index in [4.69, 9.17) is 21.1 Å². The molecule has 2 fully saturated rings. The third-order valence-corrected chi connectivity index (χ3v) is 7.02. The van der Waals surface area contributed by atoms with Crippen LogP contribution in [0.5, 0.6) is 0 Å². The van der Waals surface area contributed by atoms with Crippen molar-refractivity contribution in [3.05, 3.63) is 28.3 Å². The summed E-state index contributed by atoms with van der Waals surface area (Å²) in [5, 5.41) is 0.586. The summed E-state index contributed by atoms with van der Waals surface area (Å²) in [7, 11) is -3.52. The van der Waals surface area contributed by atoms with E-state index < -0.39 is 15.8 Å².